The van der Waals surface area contributed by atoms with E-state index in [1.807, 2.05) is 0 Å². The van der Waals surface area contributed by atoms with Crippen LogP contribution in [0.3, 0.4) is 0 Å². The van der Waals surface area contributed by atoms with Crippen molar-refractivity contribution in [2.45, 2.75) is 26.6 Å². The predicted molar refractivity (Wildman–Crippen MR) is 61.7 cm³/mol. The van der Waals surface area contributed by atoms with Gasteiger partial charge in [-0.1, -0.05) is 0 Å². The van der Waals surface area contributed by atoms with Crippen LogP contribution < -0.4 is 5.32 Å². The van der Waals surface area contributed by atoms with Gasteiger partial charge in [0.25, 0.3) is 0 Å². The number of aromatic nitrogens is 2. The lowest BCUT2D eigenvalue weighted by atomic mass is 9.94. The smallest absolute Gasteiger partial charge is 0.435 e. The molecule has 20 heavy (non-hydrogen) atoms. The molecule has 112 valence electrons. The monoisotopic (exact) mass is 293 g/mol. The predicted octanol–water partition coefficient (Wildman–Crippen LogP) is 1.13. The number of nitrogens with one attached hydrogen (secondary N) is 1. The summed E-state index contributed by atoms with van der Waals surface area (Å²) in [5.41, 5.74) is -2.24. The standard InChI is InChI=1S/C11H14F3N3O3/c1-10(2,9(19)20)6-15-8(18)5-17-4-3-7(16-17)11(12,13)14/h3-4H,5-6H2,1-2H3,(H,15,18)(H,19,20). The van der Waals surface area contributed by atoms with E-state index in [1.165, 1.54) is 13.8 Å². The summed E-state index contributed by atoms with van der Waals surface area (Å²) in [6.07, 6.45) is -3.53. The van der Waals surface area contributed by atoms with Crippen LogP contribution in [0.1, 0.15) is 19.5 Å². The van der Waals surface area contributed by atoms with E-state index in [2.05, 4.69) is 10.4 Å². The fourth-order valence-corrected chi connectivity index (χ4v) is 1.20. The van der Waals surface area contributed by atoms with Crippen LogP contribution in [0.5, 0.6) is 0 Å². The maximum Gasteiger partial charge on any atom is 0.435 e. The second kappa shape index (κ2) is 5.51. The number of carbonyl (C=O) groups excluding carboxylic acids is 1. The zero-order chi connectivity index (χ0) is 15.6. The van der Waals surface area contributed by atoms with E-state index < -0.39 is 35.7 Å². The Morgan fingerprint density at radius 1 is 1.40 bits per heavy atom. The first-order valence-corrected chi connectivity index (χ1v) is 5.63. The number of carboxylic acid groups (broad SMARTS) is 1. The number of hydrogen-bond donors (Lipinski definition) is 2. The topological polar surface area (TPSA) is 84.2 Å². The van der Waals surface area contributed by atoms with Gasteiger partial charge >= 0.3 is 12.1 Å². The average molecular weight is 293 g/mol. The Balaban J connectivity index is 2.55. The van der Waals surface area contributed by atoms with E-state index in [9.17, 15) is 22.8 Å². The minimum absolute atomic E-state index is 0.130. The number of carboxylic acids is 1. The van der Waals surface area contributed by atoms with Gasteiger partial charge < -0.3 is 10.4 Å². The van der Waals surface area contributed by atoms with Gasteiger partial charge in [0.15, 0.2) is 5.69 Å². The molecule has 0 atom stereocenters. The molecule has 0 unspecified atom stereocenters. The third kappa shape index (κ3) is 4.25. The van der Waals surface area contributed by atoms with E-state index in [-0.39, 0.29) is 6.54 Å². The SMILES string of the molecule is CC(C)(CNC(=O)Cn1ccc(C(F)(F)F)n1)C(=O)O. The van der Waals surface area contributed by atoms with Crippen LogP contribution in [-0.2, 0) is 22.3 Å². The molecule has 6 nitrogen and oxygen atoms in total. The first-order chi connectivity index (χ1) is 9.02. The third-order valence-corrected chi connectivity index (χ3v) is 2.54. The van der Waals surface area contributed by atoms with Crippen LogP contribution in [0.2, 0.25) is 0 Å². The highest BCUT2D eigenvalue weighted by molar-refractivity contribution is 5.78. The van der Waals surface area contributed by atoms with Gasteiger partial charge in [0, 0.05) is 12.7 Å². The van der Waals surface area contributed by atoms with Crippen molar-refractivity contribution in [1.82, 2.24) is 15.1 Å². The minimum atomic E-state index is -4.56. The van der Waals surface area contributed by atoms with Crippen molar-refractivity contribution in [3.63, 3.8) is 0 Å². The van der Waals surface area contributed by atoms with E-state index in [0.717, 1.165) is 16.9 Å². The molecular formula is C11H14F3N3O3. The number of nitrogens with zero attached hydrogens (tertiary/aromatic N) is 2. The van der Waals surface area contributed by atoms with Crippen molar-refractivity contribution >= 4 is 11.9 Å². The van der Waals surface area contributed by atoms with Crippen molar-refractivity contribution in [3.8, 4) is 0 Å². The second-order valence-electron chi connectivity index (χ2n) is 4.86. The Morgan fingerprint density at radius 3 is 2.45 bits per heavy atom. The Kier molecular flexibility index (Phi) is 4.41. The van der Waals surface area contributed by atoms with Crippen LogP contribution in [0.25, 0.3) is 0 Å². The molecule has 0 aliphatic rings. The van der Waals surface area contributed by atoms with Gasteiger partial charge in [-0.3, -0.25) is 14.3 Å². The summed E-state index contributed by atoms with van der Waals surface area (Å²) in [7, 11) is 0. The van der Waals surface area contributed by atoms with Crippen molar-refractivity contribution in [2.75, 3.05) is 6.54 Å². The van der Waals surface area contributed by atoms with Crippen LogP contribution in [0, 0.1) is 5.41 Å². The number of amides is 1. The fraction of sp³-hybridized carbons (Fsp3) is 0.545. The van der Waals surface area contributed by atoms with Crippen LogP contribution >= 0.6 is 0 Å². The van der Waals surface area contributed by atoms with Gasteiger partial charge in [-0.25, -0.2) is 0 Å². The highest BCUT2D eigenvalue weighted by Crippen LogP contribution is 2.27. The fourth-order valence-electron chi connectivity index (χ4n) is 1.20. The van der Waals surface area contributed by atoms with Gasteiger partial charge in [-0.2, -0.15) is 18.3 Å². The highest BCUT2D eigenvalue weighted by Gasteiger charge is 2.33. The lowest BCUT2D eigenvalue weighted by Gasteiger charge is -2.19. The number of aliphatic carboxylic acids is 1. The largest absolute Gasteiger partial charge is 0.481 e. The molecule has 0 aromatic carbocycles. The lowest BCUT2D eigenvalue weighted by molar-refractivity contribution is -0.147. The molecule has 1 amide bonds. The summed E-state index contributed by atoms with van der Waals surface area (Å²) in [6.45, 7) is 2.30. The first-order valence-electron chi connectivity index (χ1n) is 5.63. The molecule has 0 bridgehead atoms. The van der Waals surface area contributed by atoms with E-state index in [4.69, 9.17) is 5.11 Å². The van der Waals surface area contributed by atoms with Gasteiger partial charge in [-0.15, -0.1) is 0 Å². The quantitative estimate of drug-likeness (QED) is 0.852. The first kappa shape index (κ1) is 16.0. The van der Waals surface area contributed by atoms with E-state index in [0.29, 0.717) is 0 Å². The zero-order valence-corrected chi connectivity index (χ0v) is 10.9. The summed E-state index contributed by atoms with van der Waals surface area (Å²) in [5.74, 6) is -1.70. The molecule has 1 aromatic rings. The normalized spacial score (nSPS) is 12.2. The molecule has 0 fully saturated rings. The van der Waals surface area contributed by atoms with Crippen LogP contribution in [0.4, 0.5) is 13.2 Å². The van der Waals surface area contributed by atoms with Crippen LogP contribution in [-0.4, -0.2) is 33.3 Å². The molecule has 2 N–H and O–H groups in total. The maximum absolute atomic E-state index is 12.3. The van der Waals surface area contributed by atoms with Crippen molar-refractivity contribution < 1.29 is 27.9 Å². The molecular weight excluding hydrogens is 279 g/mol. The summed E-state index contributed by atoms with van der Waals surface area (Å²) in [6, 6.07) is 0.758. The summed E-state index contributed by atoms with van der Waals surface area (Å²) >= 11 is 0. The van der Waals surface area contributed by atoms with E-state index in [1.54, 1.807) is 0 Å². The second-order valence-corrected chi connectivity index (χ2v) is 4.86. The summed E-state index contributed by atoms with van der Waals surface area (Å²) < 4.78 is 37.7. The van der Waals surface area contributed by atoms with Crippen molar-refractivity contribution in [3.05, 3.63) is 18.0 Å². The molecule has 1 heterocycles. The van der Waals surface area contributed by atoms with Gasteiger partial charge in [0.05, 0.1) is 5.41 Å². The van der Waals surface area contributed by atoms with Crippen LogP contribution in [0.15, 0.2) is 12.3 Å². The molecule has 0 aliphatic heterocycles. The molecule has 0 radical (unpaired) electrons. The molecule has 1 rings (SSSR count). The Morgan fingerprint density at radius 2 is 2.00 bits per heavy atom. The van der Waals surface area contributed by atoms with Gasteiger partial charge in [0.2, 0.25) is 5.91 Å². The molecule has 0 spiro atoms. The van der Waals surface area contributed by atoms with Gasteiger partial charge in [-0.05, 0) is 19.9 Å². The lowest BCUT2D eigenvalue weighted by Crippen LogP contribution is -2.40. The Hall–Kier alpha value is -2.06. The number of halogens is 3. The van der Waals surface area contributed by atoms with Gasteiger partial charge in [0.1, 0.15) is 6.54 Å². The highest BCUT2D eigenvalue weighted by atomic mass is 19.4. The van der Waals surface area contributed by atoms with E-state index >= 15 is 0 Å². The number of alkyl halides is 3. The van der Waals surface area contributed by atoms with Crippen molar-refractivity contribution in [1.29, 1.82) is 0 Å². The zero-order valence-electron chi connectivity index (χ0n) is 10.9. The summed E-state index contributed by atoms with van der Waals surface area (Å²) in [5, 5.41) is 14.4. The molecule has 1 aromatic heterocycles. The number of hydrogen-bond acceptors (Lipinski definition) is 3. The Labute approximate surface area is 112 Å². The molecule has 0 aliphatic carbocycles. The summed E-state index contributed by atoms with van der Waals surface area (Å²) in [4.78, 5) is 22.3. The minimum Gasteiger partial charge on any atom is -0.481 e. The third-order valence-electron chi connectivity index (χ3n) is 2.54. The molecule has 0 saturated heterocycles. The number of carbonyl (C=O) groups is 2. The average Bonchev–Trinajstić information content (AvgIpc) is 2.74. The molecule has 9 heteroatoms. The molecule has 0 saturated carbocycles. The van der Waals surface area contributed by atoms with Crippen molar-refractivity contribution in [2.24, 2.45) is 5.41 Å². The number of rotatable bonds is 5. The maximum atomic E-state index is 12.3. The Bertz CT molecular complexity index is 509.